The molecule has 0 amide bonds. The monoisotopic (exact) mass is 179 g/mol. The van der Waals surface area contributed by atoms with Crippen molar-refractivity contribution in [3.05, 3.63) is 0 Å². The summed E-state index contributed by atoms with van der Waals surface area (Å²) in [6.07, 6.45) is -4.85. The summed E-state index contributed by atoms with van der Waals surface area (Å²) in [6, 6.07) is -0.995. The van der Waals surface area contributed by atoms with Gasteiger partial charge in [-0.3, -0.25) is 0 Å². The van der Waals surface area contributed by atoms with Crippen LogP contribution in [0.4, 0.5) is 0 Å². The first kappa shape index (κ1) is 9.85. The molecule has 0 spiro atoms. The first-order valence-corrected chi connectivity index (χ1v) is 3.64. The third-order valence-corrected chi connectivity index (χ3v) is 1.96. The van der Waals surface area contributed by atoms with Crippen molar-refractivity contribution in [3.63, 3.8) is 0 Å². The van der Waals surface area contributed by atoms with Gasteiger partial charge in [-0.2, -0.15) is 0 Å². The summed E-state index contributed by atoms with van der Waals surface area (Å²) in [4.78, 5) is 0. The summed E-state index contributed by atoms with van der Waals surface area (Å²) < 4.78 is 4.66. The lowest BCUT2D eigenvalue weighted by atomic mass is 9.97. The molecule has 5 atom stereocenters. The summed E-state index contributed by atoms with van der Waals surface area (Å²) in [5, 5.41) is 36.0. The Hall–Kier alpha value is -0.240. The quantitative estimate of drug-likeness (QED) is 0.288. The fourth-order valence-electron chi connectivity index (χ4n) is 1.13. The smallest absolute Gasteiger partial charge is 0.183 e. The predicted molar refractivity (Wildman–Crippen MR) is 38.0 cm³/mol. The molecule has 0 aliphatic carbocycles. The number of hydrogen-bond acceptors (Lipinski definition) is 6. The predicted octanol–water partition coefficient (Wildman–Crippen LogP) is -3.25. The number of hydrogen-bond donors (Lipinski definition) is 5. The molecule has 0 aromatic heterocycles. The van der Waals surface area contributed by atoms with E-state index in [-0.39, 0.29) is 0 Å². The first-order valence-electron chi connectivity index (χ1n) is 3.64. The van der Waals surface area contributed by atoms with Gasteiger partial charge in [0.05, 0.1) is 12.6 Å². The third-order valence-electron chi connectivity index (χ3n) is 1.96. The van der Waals surface area contributed by atoms with Gasteiger partial charge in [-0.05, 0) is 0 Å². The lowest BCUT2D eigenvalue weighted by Crippen LogP contribution is -2.62. The molecular weight excluding hydrogens is 166 g/mol. The van der Waals surface area contributed by atoms with E-state index >= 15 is 0 Å². The zero-order valence-electron chi connectivity index (χ0n) is 6.37. The molecule has 0 bridgehead atoms. The van der Waals surface area contributed by atoms with Gasteiger partial charge >= 0.3 is 0 Å². The van der Waals surface area contributed by atoms with E-state index in [9.17, 15) is 5.11 Å². The topological polar surface area (TPSA) is 116 Å². The molecule has 0 aromatic rings. The van der Waals surface area contributed by atoms with Crippen molar-refractivity contribution in [1.29, 1.82) is 0 Å². The standard InChI is InChI=1S/C6H13NO5/c7-3-4(9)2(1-8)12-6(11)5(3)10/h2-6,8-11H,1,7H2/t2-,3-,4-,5+,6?/m1/s1. The van der Waals surface area contributed by atoms with E-state index in [1.54, 1.807) is 0 Å². The van der Waals surface area contributed by atoms with Crippen LogP contribution in [0, 0.1) is 0 Å². The lowest BCUT2D eigenvalue weighted by molar-refractivity contribution is -0.258. The van der Waals surface area contributed by atoms with Crippen molar-refractivity contribution >= 4 is 0 Å². The first-order chi connectivity index (χ1) is 5.57. The number of rotatable bonds is 1. The average molecular weight is 179 g/mol. The Labute approximate surface area is 69.2 Å². The highest BCUT2D eigenvalue weighted by Gasteiger charge is 2.41. The molecule has 1 rings (SSSR count). The molecular formula is C6H13NO5. The second-order valence-corrected chi connectivity index (χ2v) is 2.81. The highest BCUT2D eigenvalue weighted by Crippen LogP contribution is 2.17. The largest absolute Gasteiger partial charge is 0.394 e. The van der Waals surface area contributed by atoms with E-state index in [4.69, 9.17) is 21.1 Å². The SMILES string of the molecule is N[C@@H]1[C@H](O)[C@@H](CO)OC(O)[C@H]1O. The average Bonchev–Trinajstić information content (AvgIpc) is 2.08. The van der Waals surface area contributed by atoms with Crippen LogP contribution in [0.3, 0.4) is 0 Å². The summed E-state index contributed by atoms with van der Waals surface area (Å²) in [5.41, 5.74) is 5.33. The highest BCUT2D eigenvalue weighted by atomic mass is 16.6. The van der Waals surface area contributed by atoms with Crippen molar-refractivity contribution < 1.29 is 25.2 Å². The van der Waals surface area contributed by atoms with Crippen molar-refractivity contribution in [2.45, 2.75) is 30.6 Å². The minimum Gasteiger partial charge on any atom is -0.394 e. The van der Waals surface area contributed by atoms with Crippen molar-refractivity contribution in [2.75, 3.05) is 6.61 Å². The third kappa shape index (κ3) is 1.58. The molecule has 6 heteroatoms. The second kappa shape index (κ2) is 3.65. The highest BCUT2D eigenvalue weighted by molar-refractivity contribution is 4.90. The zero-order chi connectivity index (χ0) is 9.30. The minimum absolute atomic E-state index is 0.446. The summed E-state index contributed by atoms with van der Waals surface area (Å²) in [7, 11) is 0. The van der Waals surface area contributed by atoms with E-state index in [2.05, 4.69) is 4.74 Å². The van der Waals surface area contributed by atoms with Crippen molar-refractivity contribution in [3.8, 4) is 0 Å². The van der Waals surface area contributed by atoms with Crippen molar-refractivity contribution in [1.82, 2.24) is 0 Å². The van der Waals surface area contributed by atoms with Crippen LogP contribution in [-0.2, 0) is 4.74 Å². The maximum absolute atomic E-state index is 9.24. The Kier molecular flexibility index (Phi) is 2.99. The Bertz CT molecular complexity index is 150. The van der Waals surface area contributed by atoms with Gasteiger partial charge in [0.25, 0.3) is 0 Å². The van der Waals surface area contributed by atoms with Crippen LogP contribution in [0.15, 0.2) is 0 Å². The number of aliphatic hydroxyl groups excluding tert-OH is 4. The van der Waals surface area contributed by atoms with Gasteiger partial charge in [0, 0.05) is 0 Å². The van der Waals surface area contributed by atoms with Crippen LogP contribution >= 0.6 is 0 Å². The molecule has 1 aliphatic rings. The van der Waals surface area contributed by atoms with Crippen LogP contribution in [-0.4, -0.2) is 57.7 Å². The zero-order valence-corrected chi connectivity index (χ0v) is 6.37. The fourth-order valence-corrected chi connectivity index (χ4v) is 1.13. The molecule has 0 aromatic carbocycles. The van der Waals surface area contributed by atoms with Gasteiger partial charge in [-0.1, -0.05) is 0 Å². The fraction of sp³-hybridized carbons (Fsp3) is 1.00. The Morgan fingerprint density at radius 1 is 1.17 bits per heavy atom. The molecule has 12 heavy (non-hydrogen) atoms. The Morgan fingerprint density at radius 3 is 2.25 bits per heavy atom. The van der Waals surface area contributed by atoms with Crippen LogP contribution in [0.25, 0.3) is 0 Å². The van der Waals surface area contributed by atoms with E-state index in [0.717, 1.165) is 0 Å². The van der Waals surface area contributed by atoms with Crippen LogP contribution < -0.4 is 5.73 Å². The van der Waals surface area contributed by atoms with Crippen LogP contribution in [0.1, 0.15) is 0 Å². The van der Waals surface area contributed by atoms with Gasteiger partial charge in [0.15, 0.2) is 6.29 Å². The molecule has 1 fully saturated rings. The van der Waals surface area contributed by atoms with E-state index < -0.39 is 37.3 Å². The number of nitrogens with two attached hydrogens (primary N) is 1. The van der Waals surface area contributed by atoms with Crippen molar-refractivity contribution in [2.24, 2.45) is 5.73 Å². The summed E-state index contributed by atoms with van der Waals surface area (Å²) in [5.74, 6) is 0. The Balaban J connectivity index is 2.63. The molecule has 0 saturated carbocycles. The Morgan fingerprint density at radius 2 is 1.75 bits per heavy atom. The molecule has 72 valence electrons. The van der Waals surface area contributed by atoms with Gasteiger partial charge in [-0.25, -0.2) is 0 Å². The molecule has 1 unspecified atom stereocenters. The molecule has 1 aliphatic heterocycles. The van der Waals surface area contributed by atoms with E-state index in [1.165, 1.54) is 0 Å². The van der Waals surface area contributed by atoms with E-state index in [0.29, 0.717) is 0 Å². The summed E-state index contributed by atoms with van der Waals surface area (Å²) in [6.45, 7) is -0.446. The van der Waals surface area contributed by atoms with E-state index in [1.807, 2.05) is 0 Å². The second-order valence-electron chi connectivity index (χ2n) is 2.81. The normalized spacial score (nSPS) is 49.2. The van der Waals surface area contributed by atoms with Gasteiger partial charge in [0.1, 0.15) is 18.3 Å². The van der Waals surface area contributed by atoms with Gasteiger partial charge < -0.3 is 30.9 Å². The van der Waals surface area contributed by atoms with Gasteiger partial charge in [0.2, 0.25) is 0 Å². The summed E-state index contributed by atoms with van der Waals surface area (Å²) >= 11 is 0. The maximum atomic E-state index is 9.24. The lowest BCUT2D eigenvalue weighted by Gasteiger charge is -2.38. The minimum atomic E-state index is -1.44. The number of aliphatic hydroxyl groups is 4. The number of ether oxygens (including phenoxy) is 1. The molecule has 6 N–H and O–H groups in total. The van der Waals surface area contributed by atoms with Gasteiger partial charge in [-0.15, -0.1) is 0 Å². The van der Waals surface area contributed by atoms with Crippen LogP contribution in [0.5, 0.6) is 0 Å². The molecule has 0 radical (unpaired) electrons. The van der Waals surface area contributed by atoms with Crippen LogP contribution in [0.2, 0.25) is 0 Å². The maximum Gasteiger partial charge on any atom is 0.183 e. The molecule has 1 heterocycles. The molecule has 6 nitrogen and oxygen atoms in total. The molecule has 1 saturated heterocycles.